The summed E-state index contributed by atoms with van der Waals surface area (Å²) in [6.45, 7) is 4.93. The number of carboxylic acid groups (broad SMARTS) is 1. The van der Waals surface area contributed by atoms with Gasteiger partial charge in [-0.25, -0.2) is 0 Å². The molecule has 0 bridgehead atoms. The second-order valence-corrected chi connectivity index (χ2v) is 4.18. The second kappa shape index (κ2) is 7.63. The molecule has 0 unspecified atom stereocenters. The van der Waals surface area contributed by atoms with E-state index in [2.05, 4.69) is 5.73 Å². The van der Waals surface area contributed by atoms with Crippen molar-refractivity contribution in [3.05, 3.63) is 23.8 Å². The highest BCUT2D eigenvalue weighted by atomic mass is 16.5. The summed E-state index contributed by atoms with van der Waals surface area (Å²) in [5, 5.41) is 10.5. The second-order valence-electron chi connectivity index (χ2n) is 4.18. The molecule has 0 amide bonds. The third-order valence-electron chi connectivity index (χ3n) is 2.74. The van der Waals surface area contributed by atoms with Crippen LogP contribution in [0.2, 0.25) is 0 Å². The molecule has 0 fully saturated rings. The van der Waals surface area contributed by atoms with Crippen molar-refractivity contribution < 1.29 is 25.1 Å². The van der Waals surface area contributed by atoms with Crippen molar-refractivity contribution >= 4 is 5.97 Å². The molecule has 0 saturated heterocycles. The Bertz CT molecular complexity index is 420. The summed E-state index contributed by atoms with van der Waals surface area (Å²) in [5.74, 6) is 0.314. The van der Waals surface area contributed by atoms with Gasteiger partial charge in [-0.3, -0.25) is 0 Å². The third kappa shape index (κ3) is 4.79. The fraction of sp³-hybridized carbons (Fsp3) is 0.500. The maximum atomic E-state index is 10.5. The van der Waals surface area contributed by atoms with Gasteiger partial charge in [0.15, 0.2) is 11.5 Å². The molecule has 0 radical (unpaired) electrons. The molecular formula is C14H21NO4. The van der Waals surface area contributed by atoms with Crippen LogP contribution in [0.5, 0.6) is 11.5 Å². The minimum atomic E-state index is -1.05. The van der Waals surface area contributed by atoms with E-state index in [-0.39, 0.29) is 12.5 Å². The van der Waals surface area contributed by atoms with Gasteiger partial charge in [0.05, 0.1) is 13.2 Å². The van der Waals surface area contributed by atoms with Gasteiger partial charge in [0.2, 0.25) is 0 Å². The van der Waals surface area contributed by atoms with Crippen molar-refractivity contribution in [3.63, 3.8) is 0 Å². The lowest BCUT2D eigenvalue weighted by Crippen LogP contribution is -2.53. The summed E-state index contributed by atoms with van der Waals surface area (Å²) >= 11 is 0. The van der Waals surface area contributed by atoms with Crippen LogP contribution in [0.3, 0.4) is 0 Å². The van der Waals surface area contributed by atoms with Crippen LogP contribution in [0, 0.1) is 0 Å². The van der Waals surface area contributed by atoms with Gasteiger partial charge in [-0.1, -0.05) is 0 Å². The Kier molecular flexibility index (Phi) is 6.15. The zero-order valence-corrected chi connectivity index (χ0v) is 11.5. The zero-order valence-electron chi connectivity index (χ0n) is 11.5. The molecule has 0 aromatic heterocycles. The van der Waals surface area contributed by atoms with E-state index in [9.17, 15) is 9.90 Å². The Hall–Kier alpha value is -1.75. The number of hydrogen-bond donors (Lipinski definition) is 1. The SMILES string of the molecule is CCOc1ccc([C@@H]([NH3+])CCC(=O)[O-])cc1OCC. The summed E-state index contributed by atoms with van der Waals surface area (Å²) in [6, 6.07) is 5.48. The molecule has 19 heavy (non-hydrogen) atoms. The van der Waals surface area contributed by atoms with Crippen molar-refractivity contribution in [1.82, 2.24) is 0 Å². The van der Waals surface area contributed by atoms with Gasteiger partial charge in [0, 0.05) is 18.0 Å². The quantitative estimate of drug-likeness (QED) is 0.734. The van der Waals surface area contributed by atoms with Crippen LogP contribution in [-0.2, 0) is 4.79 Å². The smallest absolute Gasteiger partial charge is 0.161 e. The average Bonchev–Trinajstić information content (AvgIpc) is 2.38. The minimum absolute atomic E-state index is 0.00530. The third-order valence-corrected chi connectivity index (χ3v) is 2.74. The van der Waals surface area contributed by atoms with Crippen molar-refractivity contribution in [3.8, 4) is 11.5 Å². The predicted molar refractivity (Wildman–Crippen MR) is 68.7 cm³/mol. The standard InChI is InChI=1S/C14H21NO4/c1-3-18-12-7-5-10(9-13(12)19-4-2)11(15)6-8-14(16)17/h5,7,9,11H,3-4,6,8,15H2,1-2H3,(H,16,17)/t11-/m0/s1. The Labute approximate surface area is 113 Å². The first-order valence-corrected chi connectivity index (χ1v) is 6.50. The molecule has 1 rings (SSSR count). The number of benzene rings is 1. The molecule has 3 N–H and O–H groups in total. The van der Waals surface area contributed by atoms with Crippen LogP contribution in [0.4, 0.5) is 0 Å². The maximum absolute atomic E-state index is 10.5. The van der Waals surface area contributed by atoms with E-state index in [0.717, 1.165) is 5.56 Å². The lowest BCUT2D eigenvalue weighted by atomic mass is 10.0. The molecule has 0 aliphatic heterocycles. The first-order valence-electron chi connectivity index (χ1n) is 6.50. The normalized spacial score (nSPS) is 11.9. The average molecular weight is 267 g/mol. The fourth-order valence-electron chi connectivity index (χ4n) is 1.78. The number of aliphatic carboxylic acids is 1. The van der Waals surface area contributed by atoms with E-state index >= 15 is 0 Å². The van der Waals surface area contributed by atoms with Crippen molar-refractivity contribution in [2.45, 2.75) is 32.7 Å². The fourth-order valence-corrected chi connectivity index (χ4v) is 1.78. The minimum Gasteiger partial charge on any atom is -0.550 e. The summed E-state index contributed by atoms with van der Waals surface area (Å²) in [5.41, 5.74) is 4.91. The van der Waals surface area contributed by atoms with Crippen LogP contribution in [-0.4, -0.2) is 19.2 Å². The van der Waals surface area contributed by atoms with Crippen LogP contribution in [0.25, 0.3) is 0 Å². The first kappa shape index (κ1) is 15.3. The van der Waals surface area contributed by atoms with Crippen LogP contribution >= 0.6 is 0 Å². The Morgan fingerprint density at radius 1 is 1.26 bits per heavy atom. The highest BCUT2D eigenvalue weighted by Gasteiger charge is 2.13. The molecular weight excluding hydrogens is 246 g/mol. The van der Waals surface area contributed by atoms with Crippen molar-refractivity contribution in [2.75, 3.05) is 13.2 Å². The number of hydrogen-bond acceptors (Lipinski definition) is 4. The number of carbonyl (C=O) groups is 1. The molecule has 0 spiro atoms. The molecule has 5 heteroatoms. The summed E-state index contributed by atoms with van der Waals surface area (Å²) < 4.78 is 11.0. The van der Waals surface area contributed by atoms with Gasteiger partial charge in [0.25, 0.3) is 0 Å². The van der Waals surface area contributed by atoms with Crippen molar-refractivity contribution in [2.24, 2.45) is 0 Å². The topological polar surface area (TPSA) is 86.2 Å². The summed E-state index contributed by atoms with van der Waals surface area (Å²) in [7, 11) is 0. The van der Waals surface area contributed by atoms with Gasteiger partial charge in [-0.15, -0.1) is 0 Å². The van der Waals surface area contributed by atoms with Gasteiger partial charge >= 0.3 is 0 Å². The Morgan fingerprint density at radius 2 is 1.89 bits per heavy atom. The Morgan fingerprint density at radius 3 is 2.47 bits per heavy atom. The van der Waals surface area contributed by atoms with Gasteiger partial charge in [-0.05, 0) is 38.5 Å². The molecule has 1 atom stereocenters. The molecule has 1 aromatic carbocycles. The lowest BCUT2D eigenvalue weighted by Gasteiger charge is -2.14. The number of ether oxygens (including phenoxy) is 2. The number of quaternary nitrogens is 1. The molecule has 0 aliphatic rings. The molecule has 106 valence electrons. The lowest BCUT2D eigenvalue weighted by molar-refractivity contribution is -0.428. The number of carbonyl (C=O) groups excluding carboxylic acids is 1. The maximum Gasteiger partial charge on any atom is 0.161 e. The van der Waals surface area contributed by atoms with Gasteiger partial charge in [0.1, 0.15) is 6.04 Å². The molecule has 1 aromatic rings. The molecule has 0 aliphatic carbocycles. The summed E-state index contributed by atoms with van der Waals surface area (Å²) in [4.78, 5) is 10.5. The van der Waals surface area contributed by atoms with E-state index < -0.39 is 5.97 Å². The van der Waals surface area contributed by atoms with Gasteiger partial charge in [-0.2, -0.15) is 0 Å². The molecule has 0 saturated carbocycles. The highest BCUT2D eigenvalue weighted by Crippen LogP contribution is 2.30. The van der Waals surface area contributed by atoms with E-state index in [0.29, 0.717) is 31.1 Å². The van der Waals surface area contributed by atoms with Crippen molar-refractivity contribution in [1.29, 1.82) is 0 Å². The van der Waals surface area contributed by atoms with Crippen LogP contribution in [0.15, 0.2) is 18.2 Å². The largest absolute Gasteiger partial charge is 0.550 e. The summed E-state index contributed by atoms with van der Waals surface area (Å²) in [6.07, 6.45) is 0.452. The molecule has 5 nitrogen and oxygen atoms in total. The van der Waals surface area contributed by atoms with E-state index in [1.165, 1.54) is 0 Å². The van der Waals surface area contributed by atoms with E-state index in [1.54, 1.807) is 0 Å². The van der Waals surface area contributed by atoms with Crippen LogP contribution in [0.1, 0.15) is 38.3 Å². The zero-order chi connectivity index (χ0) is 14.3. The van der Waals surface area contributed by atoms with E-state index in [4.69, 9.17) is 9.47 Å². The predicted octanol–water partition coefficient (Wildman–Crippen LogP) is 0.297. The van der Waals surface area contributed by atoms with Gasteiger partial charge < -0.3 is 25.1 Å². The number of rotatable bonds is 8. The number of carboxylic acids is 1. The van der Waals surface area contributed by atoms with Crippen LogP contribution < -0.4 is 20.3 Å². The first-order chi connectivity index (χ1) is 9.08. The molecule has 0 heterocycles. The Balaban J connectivity index is 2.84. The van der Waals surface area contributed by atoms with E-state index in [1.807, 2.05) is 32.0 Å². The highest BCUT2D eigenvalue weighted by molar-refractivity contribution is 5.64. The monoisotopic (exact) mass is 267 g/mol.